The highest BCUT2D eigenvalue weighted by molar-refractivity contribution is 6.43. The van der Waals surface area contributed by atoms with Gasteiger partial charge in [-0.1, -0.05) is 18.1 Å². The van der Waals surface area contributed by atoms with Crippen molar-refractivity contribution in [2.75, 3.05) is 6.54 Å². The van der Waals surface area contributed by atoms with E-state index >= 15 is 0 Å². The quantitative estimate of drug-likeness (QED) is 0.148. The molecule has 2 fully saturated rings. The molecule has 11 heteroatoms. The summed E-state index contributed by atoms with van der Waals surface area (Å²) in [4.78, 5) is 43.6. The predicted octanol–water partition coefficient (Wildman–Crippen LogP) is 3.95. The van der Waals surface area contributed by atoms with Gasteiger partial charge in [0.05, 0.1) is 23.6 Å². The molecule has 2 saturated heterocycles. The highest BCUT2D eigenvalue weighted by Gasteiger charge is 2.56. The lowest BCUT2D eigenvalue weighted by atomic mass is 9.58. The second-order valence-electron chi connectivity index (χ2n) is 11.4. The summed E-state index contributed by atoms with van der Waals surface area (Å²) in [7, 11) is -1.05. The first kappa shape index (κ1) is 29.9. The minimum Gasteiger partial charge on any atom is -0.481 e. The van der Waals surface area contributed by atoms with Crippen LogP contribution in [0.3, 0.4) is 0 Å². The highest BCUT2D eigenvalue weighted by Crippen LogP contribution is 2.50. The number of carboxylic acids is 1. The summed E-state index contributed by atoms with van der Waals surface area (Å²) < 4.78 is 11.8. The van der Waals surface area contributed by atoms with Gasteiger partial charge in [-0.05, 0) is 92.8 Å². The lowest BCUT2D eigenvalue weighted by Crippen LogP contribution is -2.46. The second kappa shape index (κ2) is 13.2. The van der Waals surface area contributed by atoms with E-state index in [4.69, 9.17) is 14.2 Å². The number of carbonyl (C=O) groups excluding carboxylic acids is 2. The zero-order valence-corrected chi connectivity index (χ0v) is 23.8. The number of hydrogen-bond donors (Lipinski definition) is 3. The molecule has 3 N–H and O–H groups in total. The fourth-order valence-electron chi connectivity index (χ4n) is 6.77. The van der Waals surface area contributed by atoms with E-state index in [0.717, 1.165) is 22.4 Å². The highest BCUT2D eigenvalue weighted by atomic mass is 16.5. The molecule has 42 heavy (non-hydrogen) atoms. The van der Waals surface area contributed by atoms with Crippen LogP contribution in [0.4, 0.5) is 0 Å². The van der Waals surface area contributed by atoms with E-state index in [9.17, 15) is 24.5 Å². The van der Waals surface area contributed by atoms with Crippen molar-refractivity contribution in [1.82, 2.24) is 9.88 Å². The van der Waals surface area contributed by atoms with Crippen LogP contribution in [0, 0.1) is 17.8 Å². The van der Waals surface area contributed by atoms with E-state index in [1.165, 1.54) is 4.90 Å². The molecule has 5 rings (SSSR count). The number of pyridine rings is 1. The van der Waals surface area contributed by atoms with Gasteiger partial charge in [0.25, 0.3) is 0 Å². The van der Waals surface area contributed by atoms with Crippen LogP contribution in [0.1, 0.15) is 69.1 Å². The Morgan fingerprint density at radius 1 is 1.12 bits per heavy atom. The van der Waals surface area contributed by atoms with Crippen LogP contribution in [-0.2, 0) is 25.6 Å². The summed E-state index contributed by atoms with van der Waals surface area (Å²) in [5.41, 5.74) is 3.72. The maximum absolute atomic E-state index is 13.6. The Hall–Kier alpha value is -3.54. The summed E-state index contributed by atoms with van der Waals surface area (Å²) in [5.74, 6) is -1.41. The molecule has 0 saturated carbocycles. The number of aliphatic hydroxyl groups excluding tert-OH is 1. The maximum atomic E-state index is 13.6. The fraction of sp³-hybridized carbons (Fsp3) is 0.484. The van der Waals surface area contributed by atoms with E-state index in [0.29, 0.717) is 50.0 Å². The lowest BCUT2D eigenvalue weighted by Gasteiger charge is -2.42. The molecule has 0 unspecified atom stereocenters. The van der Waals surface area contributed by atoms with Gasteiger partial charge < -0.3 is 24.3 Å². The van der Waals surface area contributed by atoms with Crippen molar-refractivity contribution in [2.45, 2.75) is 70.9 Å². The molecular formula is C31H37BN2O8. The van der Waals surface area contributed by atoms with Gasteiger partial charge in [-0.15, -0.1) is 0 Å². The predicted molar refractivity (Wildman–Crippen MR) is 154 cm³/mol. The van der Waals surface area contributed by atoms with Crippen LogP contribution in [0.25, 0.3) is 11.6 Å². The molecule has 3 aliphatic rings. The van der Waals surface area contributed by atoms with Gasteiger partial charge in [-0.2, -0.15) is 0 Å². The van der Waals surface area contributed by atoms with Crippen LogP contribution >= 0.6 is 0 Å². The number of imide groups is 1. The molecule has 222 valence electrons. The lowest BCUT2D eigenvalue weighted by molar-refractivity contribution is -0.141. The number of likely N-dealkylation sites (tertiary alicyclic amines) is 1. The van der Waals surface area contributed by atoms with Crippen LogP contribution in [0.5, 0.6) is 0 Å². The molecule has 10 nitrogen and oxygen atoms in total. The first-order valence-electron chi connectivity index (χ1n) is 14.7. The normalized spacial score (nSPS) is 24.3. The monoisotopic (exact) mass is 576 g/mol. The molecule has 0 aromatic carbocycles. The number of aliphatic carboxylic acids is 1. The van der Waals surface area contributed by atoms with Gasteiger partial charge >= 0.3 is 13.1 Å². The molecular weight excluding hydrogens is 539 g/mol. The topological polar surface area (TPSA) is 150 Å². The van der Waals surface area contributed by atoms with Crippen LogP contribution < -0.4 is 0 Å². The first-order chi connectivity index (χ1) is 20.3. The zero-order valence-electron chi connectivity index (χ0n) is 23.8. The maximum Gasteiger partial charge on any atom is 0.455 e. The molecule has 2 amide bonds. The van der Waals surface area contributed by atoms with E-state index in [2.05, 4.69) is 4.98 Å². The molecule has 4 atom stereocenters. The van der Waals surface area contributed by atoms with E-state index in [1.807, 2.05) is 31.2 Å². The van der Waals surface area contributed by atoms with Gasteiger partial charge in [-0.25, -0.2) is 0 Å². The number of carboxylic acid groups (broad SMARTS) is 1. The number of nitrogens with zero attached hydrogens (tertiary/aromatic N) is 2. The number of carbonyl (C=O) groups is 3. The smallest absolute Gasteiger partial charge is 0.455 e. The van der Waals surface area contributed by atoms with E-state index in [1.54, 1.807) is 18.3 Å². The minimum absolute atomic E-state index is 0.0728. The third kappa shape index (κ3) is 6.43. The summed E-state index contributed by atoms with van der Waals surface area (Å²) in [6.45, 7) is 2.09. The summed E-state index contributed by atoms with van der Waals surface area (Å²) in [6, 6.07) is 9.17. The SMILES string of the molecule is CC1=C2[C@@H](CC/C(=C/c3ccc(CO)o3)c3ccccn3)OB(O)C[C@@H]2[C@@H]2C(=O)N(CCCCCC(=O)O)C(=O)[C@@H]2C1. The summed E-state index contributed by atoms with van der Waals surface area (Å²) >= 11 is 0. The molecule has 2 aromatic rings. The number of rotatable bonds is 12. The van der Waals surface area contributed by atoms with Gasteiger partial charge in [0.1, 0.15) is 18.1 Å². The number of amides is 2. The van der Waals surface area contributed by atoms with E-state index < -0.39 is 31.0 Å². The summed E-state index contributed by atoms with van der Waals surface area (Å²) in [6.07, 6.45) is 6.79. The summed E-state index contributed by atoms with van der Waals surface area (Å²) in [5, 5.41) is 29.0. The fourth-order valence-corrected chi connectivity index (χ4v) is 6.77. The molecule has 4 heterocycles. The minimum atomic E-state index is -1.05. The number of hydrogen-bond acceptors (Lipinski definition) is 8. The number of furan rings is 1. The van der Waals surface area contributed by atoms with Crippen LogP contribution in [0.2, 0.25) is 6.32 Å². The Morgan fingerprint density at radius 2 is 1.95 bits per heavy atom. The third-order valence-electron chi connectivity index (χ3n) is 8.64. The van der Waals surface area contributed by atoms with Gasteiger partial charge in [-0.3, -0.25) is 24.3 Å². The number of aromatic nitrogens is 1. The van der Waals surface area contributed by atoms with Crippen molar-refractivity contribution in [2.24, 2.45) is 17.8 Å². The van der Waals surface area contributed by atoms with Crippen LogP contribution in [-0.4, -0.2) is 62.7 Å². The van der Waals surface area contributed by atoms with Crippen molar-refractivity contribution in [1.29, 1.82) is 0 Å². The average Bonchev–Trinajstić information content (AvgIpc) is 3.52. The largest absolute Gasteiger partial charge is 0.481 e. The van der Waals surface area contributed by atoms with E-state index in [-0.39, 0.29) is 43.6 Å². The van der Waals surface area contributed by atoms with Gasteiger partial charge in [0, 0.05) is 19.2 Å². The second-order valence-corrected chi connectivity index (χ2v) is 11.4. The number of unbranched alkanes of at least 4 members (excludes halogenated alkanes) is 2. The van der Waals surface area contributed by atoms with Crippen molar-refractivity contribution in [3.05, 3.63) is 64.9 Å². The number of aliphatic hydroxyl groups is 1. The standard InChI is InChI=1S/C31H37BN2O8/c1-19-15-23-29(31(39)34(30(23)38)14-6-2-3-8-27(36)37)24-17-32(40)42-26(28(19)24)12-9-20(25-7-4-5-13-33-25)16-21-10-11-22(18-35)41-21/h4-5,7,10-11,13,16,23-24,26,29,35,40H,2-3,6,8-9,12,14-15,17-18H2,1H3,(H,36,37)/b20-16-/t23-,24+,26-,29-/m1/s1. The molecule has 0 spiro atoms. The van der Waals surface area contributed by atoms with Crippen molar-refractivity contribution >= 4 is 36.6 Å². The average molecular weight is 576 g/mol. The Balaban J connectivity index is 1.33. The molecule has 1 aliphatic carbocycles. The Labute approximate surface area is 245 Å². The Morgan fingerprint density at radius 3 is 2.67 bits per heavy atom. The van der Waals surface area contributed by atoms with Crippen molar-refractivity contribution in [3.8, 4) is 0 Å². The Kier molecular flexibility index (Phi) is 9.40. The van der Waals surface area contributed by atoms with Crippen molar-refractivity contribution < 1.29 is 38.7 Å². The zero-order chi connectivity index (χ0) is 29.8. The molecule has 0 radical (unpaired) electrons. The van der Waals surface area contributed by atoms with Gasteiger partial charge in [0.15, 0.2) is 0 Å². The van der Waals surface area contributed by atoms with Crippen LogP contribution in [0.15, 0.2) is 52.1 Å². The number of fused-ring (bicyclic) bond motifs is 3. The number of allylic oxidation sites excluding steroid dienone is 2. The molecule has 0 bridgehead atoms. The third-order valence-corrected chi connectivity index (χ3v) is 8.64. The molecule has 2 aromatic heterocycles. The molecule has 2 aliphatic heterocycles. The van der Waals surface area contributed by atoms with Gasteiger partial charge in [0.2, 0.25) is 11.8 Å². The van der Waals surface area contributed by atoms with Crippen molar-refractivity contribution in [3.63, 3.8) is 0 Å². The Bertz CT molecular complexity index is 1370. The first-order valence-corrected chi connectivity index (χ1v) is 14.7.